The van der Waals surface area contributed by atoms with Gasteiger partial charge < -0.3 is 4.90 Å². The highest BCUT2D eigenvalue weighted by Gasteiger charge is 2.22. The second-order valence-electron chi connectivity index (χ2n) is 5.54. The van der Waals surface area contributed by atoms with E-state index in [9.17, 15) is 14.4 Å². The molecule has 0 aliphatic carbocycles. The zero-order valence-electron chi connectivity index (χ0n) is 14.3. The second kappa shape index (κ2) is 7.85. The molecule has 0 aliphatic rings. The Bertz CT molecular complexity index is 1030. The Balaban J connectivity index is 2.47. The molecule has 1 amide bonds. The van der Waals surface area contributed by atoms with Crippen LogP contribution in [-0.2, 0) is 25.4 Å². The summed E-state index contributed by atoms with van der Waals surface area (Å²) in [7, 11) is 2.77. The highest BCUT2D eigenvalue weighted by Crippen LogP contribution is 2.16. The van der Waals surface area contributed by atoms with Crippen LogP contribution in [0.25, 0.3) is 11.2 Å². The Hall–Kier alpha value is -3.11. The highest BCUT2D eigenvalue weighted by atomic mass is 35.5. The summed E-state index contributed by atoms with van der Waals surface area (Å²) in [6.07, 6.45) is 0.234. The van der Waals surface area contributed by atoms with Gasteiger partial charge in [0.2, 0.25) is 11.2 Å². The van der Waals surface area contributed by atoms with Gasteiger partial charge in [-0.15, -0.1) is 0 Å². The molecule has 10 nitrogen and oxygen atoms in total. The van der Waals surface area contributed by atoms with Gasteiger partial charge in [-0.05, 0) is 11.6 Å². The molecule has 0 unspecified atom stereocenters. The quantitative estimate of drug-likeness (QED) is 0.638. The third-order valence-electron chi connectivity index (χ3n) is 3.93. The number of rotatable bonds is 6. The zero-order chi connectivity index (χ0) is 19.4. The minimum absolute atomic E-state index is 0.0356. The van der Waals surface area contributed by atoms with E-state index in [4.69, 9.17) is 22.1 Å². The molecule has 2 aromatic rings. The van der Waals surface area contributed by atoms with Gasteiger partial charge in [0.25, 0.3) is 5.56 Å². The molecular weight excluding hydrogens is 362 g/mol. The van der Waals surface area contributed by atoms with Crippen LogP contribution in [0, 0.1) is 22.7 Å². The van der Waals surface area contributed by atoms with Crippen molar-refractivity contribution in [2.75, 3.05) is 13.1 Å². The van der Waals surface area contributed by atoms with E-state index in [1.807, 2.05) is 12.1 Å². The number of fused-ring (bicyclic) bond motifs is 1. The summed E-state index contributed by atoms with van der Waals surface area (Å²) in [5, 5.41) is 17.3. The molecule has 11 heteroatoms. The van der Waals surface area contributed by atoms with Gasteiger partial charge in [0.15, 0.2) is 11.2 Å². The molecule has 0 atom stereocenters. The Morgan fingerprint density at radius 1 is 1.15 bits per heavy atom. The second-order valence-corrected chi connectivity index (χ2v) is 5.88. The summed E-state index contributed by atoms with van der Waals surface area (Å²) in [6, 6.07) is 3.89. The summed E-state index contributed by atoms with van der Waals surface area (Å²) in [4.78, 5) is 42.4. The summed E-state index contributed by atoms with van der Waals surface area (Å²) < 4.78 is 3.31. The van der Waals surface area contributed by atoms with E-state index in [1.54, 1.807) is 0 Å². The van der Waals surface area contributed by atoms with Gasteiger partial charge >= 0.3 is 5.69 Å². The van der Waals surface area contributed by atoms with Gasteiger partial charge in [0.1, 0.15) is 6.54 Å². The first-order chi connectivity index (χ1) is 12.3. The van der Waals surface area contributed by atoms with E-state index < -0.39 is 17.2 Å². The number of halogens is 1. The fourth-order valence-electron chi connectivity index (χ4n) is 2.53. The summed E-state index contributed by atoms with van der Waals surface area (Å²) in [5.41, 5.74) is -1.05. The number of hydrogen-bond donors (Lipinski definition) is 0. The minimum atomic E-state index is -0.615. The van der Waals surface area contributed by atoms with Crippen LogP contribution in [0.5, 0.6) is 0 Å². The van der Waals surface area contributed by atoms with Crippen LogP contribution < -0.4 is 11.2 Å². The molecule has 136 valence electrons. The van der Waals surface area contributed by atoms with Crippen molar-refractivity contribution in [1.82, 2.24) is 23.6 Å². The van der Waals surface area contributed by atoms with E-state index in [2.05, 4.69) is 4.98 Å². The molecule has 0 saturated heterocycles. The Morgan fingerprint density at radius 2 is 1.73 bits per heavy atom. The van der Waals surface area contributed by atoms with Crippen molar-refractivity contribution in [2.24, 2.45) is 14.1 Å². The first-order valence-corrected chi connectivity index (χ1v) is 8.04. The van der Waals surface area contributed by atoms with Crippen LogP contribution in [0.4, 0.5) is 0 Å². The molecule has 0 bridgehead atoms. The molecule has 0 saturated carbocycles. The standard InChI is InChI=1S/C15H16ClN7O3/c1-20-12-11(13(25)21(2)15(20)26)23(14(16)19-12)9-10(24)22(7-3-5-17)8-4-6-18/h3-4,7-9H2,1-2H3. The third kappa shape index (κ3) is 3.46. The largest absolute Gasteiger partial charge is 0.339 e. The number of imidazole rings is 1. The van der Waals surface area contributed by atoms with Crippen LogP contribution in [0.2, 0.25) is 5.28 Å². The van der Waals surface area contributed by atoms with Crippen LogP contribution >= 0.6 is 11.6 Å². The molecule has 2 aromatic heterocycles. The molecule has 0 fully saturated rings. The molecule has 2 heterocycles. The number of hydrogen-bond acceptors (Lipinski definition) is 6. The number of carbonyl (C=O) groups excluding carboxylic acids is 1. The van der Waals surface area contributed by atoms with Crippen molar-refractivity contribution in [2.45, 2.75) is 19.4 Å². The Morgan fingerprint density at radius 3 is 2.27 bits per heavy atom. The summed E-state index contributed by atoms with van der Waals surface area (Å²) in [6.45, 7) is 0.0369. The van der Waals surface area contributed by atoms with Gasteiger partial charge in [-0.1, -0.05) is 0 Å². The lowest BCUT2D eigenvalue weighted by Gasteiger charge is -2.20. The number of carbonyl (C=O) groups is 1. The van der Waals surface area contributed by atoms with E-state index >= 15 is 0 Å². The molecule has 0 aliphatic heterocycles. The number of aryl methyl sites for hydroxylation is 1. The highest BCUT2D eigenvalue weighted by molar-refractivity contribution is 6.29. The van der Waals surface area contributed by atoms with Gasteiger partial charge in [0.05, 0.1) is 25.0 Å². The molecule has 26 heavy (non-hydrogen) atoms. The van der Waals surface area contributed by atoms with E-state index in [1.165, 1.54) is 28.1 Å². The average molecular weight is 378 g/mol. The Labute approximate surface area is 153 Å². The van der Waals surface area contributed by atoms with E-state index in [0.29, 0.717) is 0 Å². The molecule has 0 spiro atoms. The summed E-state index contributed by atoms with van der Waals surface area (Å²) in [5.74, 6) is -0.410. The predicted molar refractivity (Wildman–Crippen MR) is 92.3 cm³/mol. The van der Waals surface area contributed by atoms with Crippen LogP contribution in [-0.4, -0.2) is 42.6 Å². The van der Waals surface area contributed by atoms with Gasteiger partial charge in [-0.25, -0.2) is 4.79 Å². The number of amides is 1. The SMILES string of the molecule is Cn1c(=O)c2c(nc(Cl)n2CC(=O)N(CCC#N)CCC#N)n(C)c1=O. The van der Waals surface area contributed by atoms with Gasteiger partial charge in [0, 0.05) is 27.2 Å². The summed E-state index contributed by atoms with van der Waals surface area (Å²) >= 11 is 6.09. The number of aromatic nitrogens is 4. The third-order valence-corrected chi connectivity index (χ3v) is 4.22. The molecule has 2 rings (SSSR count). The van der Waals surface area contributed by atoms with Crippen molar-refractivity contribution in [3.8, 4) is 12.1 Å². The van der Waals surface area contributed by atoms with Crippen LogP contribution in [0.15, 0.2) is 9.59 Å². The smallest absolute Gasteiger partial charge is 0.332 e. The van der Waals surface area contributed by atoms with Gasteiger partial charge in [-0.3, -0.25) is 23.3 Å². The molecule has 0 N–H and O–H groups in total. The van der Waals surface area contributed by atoms with Crippen molar-refractivity contribution < 1.29 is 4.79 Å². The normalized spacial score (nSPS) is 10.5. The average Bonchev–Trinajstić information content (AvgIpc) is 2.94. The maximum atomic E-state index is 12.6. The van der Waals surface area contributed by atoms with E-state index in [0.717, 1.165) is 4.57 Å². The van der Waals surface area contributed by atoms with Crippen molar-refractivity contribution in [3.63, 3.8) is 0 Å². The molecule has 0 radical (unpaired) electrons. The first-order valence-electron chi connectivity index (χ1n) is 7.66. The lowest BCUT2D eigenvalue weighted by molar-refractivity contribution is -0.131. The lowest BCUT2D eigenvalue weighted by Crippen LogP contribution is -2.39. The van der Waals surface area contributed by atoms with Gasteiger partial charge in [-0.2, -0.15) is 15.5 Å². The van der Waals surface area contributed by atoms with Crippen LogP contribution in [0.3, 0.4) is 0 Å². The monoisotopic (exact) mass is 377 g/mol. The first kappa shape index (κ1) is 19.2. The topological polar surface area (TPSA) is 130 Å². The van der Waals surface area contributed by atoms with Crippen molar-refractivity contribution in [1.29, 1.82) is 10.5 Å². The molecular formula is C15H16ClN7O3. The minimum Gasteiger partial charge on any atom is -0.339 e. The fraction of sp³-hybridized carbons (Fsp3) is 0.467. The molecule has 0 aromatic carbocycles. The fourth-order valence-corrected chi connectivity index (χ4v) is 2.75. The van der Waals surface area contributed by atoms with E-state index in [-0.39, 0.29) is 48.9 Å². The maximum absolute atomic E-state index is 12.6. The van der Waals surface area contributed by atoms with Crippen molar-refractivity contribution >= 4 is 28.7 Å². The van der Waals surface area contributed by atoms with Crippen LogP contribution in [0.1, 0.15) is 12.8 Å². The van der Waals surface area contributed by atoms with Crippen molar-refractivity contribution in [3.05, 3.63) is 26.1 Å². The lowest BCUT2D eigenvalue weighted by atomic mass is 10.3. The zero-order valence-corrected chi connectivity index (χ0v) is 15.0. The Kier molecular flexibility index (Phi) is 5.80. The predicted octanol–water partition coefficient (Wildman–Crippen LogP) is -0.257. The number of nitrogens with zero attached hydrogens (tertiary/aromatic N) is 7. The maximum Gasteiger partial charge on any atom is 0.332 e. The number of nitriles is 2.